The van der Waals surface area contributed by atoms with Gasteiger partial charge in [0.15, 0.2) is 0 Å². The molecular weight excluding hydrogens is 158 g/mol. The van der Waals surface area contributed by atoms with Gasteiger partial charge >= 0.3 is 0 Å². The summed E-state index contributed by atoms with van der Waals surface area (Å²) in [7, 11) is 0. The summed E-state index contributed by atoms with van der Waals surface area (Å²) in [6.45, 7) is 4.19. The fourth-order valence-electron chi connectivity index (χ4n) is 1.48. The molecule has 0 saturated heterocycles. The lowest BCUT2D eigenvalue weighted by atomic mass is 10.1. The molecular formula is C12H13N. The second-order valence-corrected chi connectivity index (χ2v) is 3.33. The van der Waals surface area contributed by atoms with E-state index in [2.05, 4.69) is 36.2 Å². The Balaban J connectivity index is 2.68. The molecule has 0 N–H and O–H groups in total. The minimum absolute atomic E-state index is 1.07. The number of fused-ring (bicyclic) bond motifs is 1. The van der Waals surface area contributed by atoms with Crippen molar-refractivity contribution in [3.63, 3.8) is 0 Å². The molecule has 1 heterocycles. The molecule has 0 amide bonds. The molecule has 2 rings (SSSR count). The maximum absolute atomic E-state index is 4.48. The third-order valence-electron chi connectivity index (χ3n) is 2.30. The third-order valence-corrected chi connectivity index (χ3v) is 2.30. The molecule has 0 saturated carbocycles. The van der Waals surface area contributed by atoms with Crippen LogP contribution >= 0.6 is 0 Å². The van der Waals surface area contributed by atoms with Crippen LogP contribution in [-0.4, -0.2) is 4.98 Å². The number of benzene rings is 1. The van der Waals surface area contributed by atoms with Gasteiger partial charge in [-0.15, -0.1) is 0 Å². The first-order chi connectivity index (χ1) is 6.29. The van der Waals surface area contributed by atoms with E-state index in [1.165, 1.54) is 10.9 Å². The molecule has 0 aliphatic carbocycles. The fourth-order valence-corrected chi connectivity index (χ4v) is 1.48. The van der Waals surface area contributed by atoms with E-state index in [1.807, 2.05) is 13.0 Å². The van der Waals surface area contributed by atoms with Gasteiger partial charge in [-0.25, -0.2) is 0 Å². The second kappa shape index (κ2) is 3.17. The van der Waals surface area contributed by atoms with Crippen LogP contribution in [0.2, 0.25) is 0 Å². The van der Waals surface area contributed by atoms with Gasteiger partial charge in [0, 0.05) is 11.1 Å². The minimum Gasteiger partial charge on any atom is -0.253 e. The molecule has 1 nitrogen and oxygen atoms in total. The molecule has 1 heteroatoms. The Morgan fingerprint density at radius 3 is 2.69 bits per heavy atom. The highest BCUT2D eigenvalue weighted by molar-refractivity contribution is 5.79. The molecule has 2 aromatic rings. The van der Waals surface area contributed by atoms with Crippen molar-refractivity contribution in [1.82, 2.24) is 4.98 Å². The topological polar surface area (TPSA) is 12.9 Å². The Labute approximate surface area is 78.4 Å². The molecule has 0 aliphatic heterocycles. The van der Waals surface area contributed by atoms with Gasteiger partial charge < -0.3 is 0 Å². The van der Waals surface area contributed by atoms with Crippen molar-refractivity contribution < 1.29 is 0 Å². The molecule has 0 aliphatic rings. The summed E-state index contributed by atoms with van der Waals surface area (Å²) in [6, 6.07) is 10.6. The predicted octanol–water partition coefficient (Wildman–Crippen LogP) is 3.11. The van der Waals surface area contributed by atoms with Gasteiger partial charge in [0.2, 0.25) is 0 Å². The van der Waals surface area contributed by atoms with Crippen LogP contribution in [0, 0.1) is 6.92 Å². The Hall–Kier alpha value is -1.37. The molecule has 0 radical (unpaired) electrons. The molecule has 0 atom stereocenters. The molecule has 0 unspecified atom stereocenters. The summed E-state index contributed by atoms with van der Waals surface area (Å²) in [5, 5.41) is 1.22. The van der Waals surface area contributed by atoms with E-state index in [0.717, 1.165) is 17.6 Å². The van der Waals surface area contributed by atoms with Crippen molar-refractivity contribution in [3.8, 4) is 0 Å². The summed E-state index contributed by atoms with van der Waals surface area (Å²) < 4.78 is 0. The molecule has 0 fully saturated rings. The zero-order chi connectivity index (χ0) is 9.26. The SMILES string of the molecule is CCc1ccc2ccc(C)nc2c1. The lowest BCUT2D eigenvalue weighted by molar-refractivity contribution is 1.14. The number of aromatic nitrogens is 1. The smallest absolute Gasteiger partial charge is 0.0707 e. The average molecular weight is 171 g/mol. The van der Waals surface area contributed by atoms with Crippen molar-refractivity contribution in [2.45, 2.75) is 20.3 Å². The summed E-state index contributed by atoms with van der Waals surface area (Å²) in [4.78, 5) is 4.48. The summed E-state index contributed by atoms with van der Waals surface area (Å²) in [5.41, 5.74) is 3.55. The maximum Gasteiger partial charge on any atom is 0.0707 e. The number of hydrogen-bond donors (Lipinski definition) is 0. The van der Waals surface area contributed by atoms with E-state index < -0.39 is 0 Å². The number of aryl methyl sites for hydroxylation is 2. The molecule has 0 spiro atoms. The number of hydrogen-bond acceptors (Lipinski definition) is 1. The Morgan fingerprint density at radius 2 is 1.92 bits per heavy atom. The quantitative estimate of drug-likeness (QED) is 0.642. The van der Waals surface area contributed by atoms with Crippen LogP contribution in [0.15, 0.2) is 30.3 Å². The van der Waals surface area contributed by atoms with Crippen molar-refractivity contribution in [3.05, 3.63) is 41.6 Å². The van der Waals surface area contributed by atoms with Crippen LogP contribution < -0.4 is 0 Å². The first-order valence-electron chi connectivity index (χ1n) is 4.66. The molecule has 13 heavy (non-hydrogen) atoms. The van der Waals surface area contributed by atoms with Crippen molar-refractivity contribution in [2.75, 3.05) is 0 Å². The highest BCUT2D eigenvalue weighted by atomic mass is 14.7. The van der Waals surface area contributed by atoms with E-state index in [1.54, 1.807) is 0 Å². The third kappa shape index (κ3) is 1.55. The predicted molar refractivity (Wildman–Crippen MR) is 55.9 cm³/mol. The van der Waals surface area contributed by atoms with Crippen LogP contribution in [0.1, 0.15) is 18.2 Å². The van der Waals surface area contributed by atoms with E-state index in [-0.39, 0.29) is 0 Å². The lowest BCUT2D eigenvalue weighted by Gasteiger charge is -2.01. The van der Waals surface area contributed by atoms with Crippen LogP contribution in [0.3, 0.4) is 0 Å². The average Bonchev–Trinajstić information content (AvgIpc) is 2.16. The first-order valence-corrected chi connectivity index (χ1v) is 4.66. The summed E-state index contributed by atoms with van der Waals surface area (Å²) in [6.07, 6.45) is 1.07. The number of nitrogens with zero attached hydrogens (tertiary/aromatic N) is 1. The van der Waals surface area contributed by atoms with E-state index in [4.69, 9.17) is 0 Å². The van der Waals surface area contributed by atoms with Gasteiger partial charge in [0.05, 0.1) is 5.52 Å². The Morgan fingerprint density at radius 1 is 1.15 bits per heavy atom. The molecule has 0 bridgehead atoms. The molecule has 1 aromatic heterocycles. The van der Waals surface area contributed by atoms with E-state index in [0.29, 0.717) is 0 Å². The van der Waals surface area contributed by atoms with Gasteiger partial charge in [0.25, 0.3) is 0 Å². The van der Waals surface area contributed by atoms with Gasteiger partial charge in [-0.3, -0.25) is 4.98 Å². The molecule has 66 valence electrons. The normalized spacial score (nSPS) is 10.6. The van der Waals surface area contributed by atoms with Gasteiger partial charge in [0.1, 0.15) is 0 Å². The second-order valence-electron chi connectivity index (χ2n) is 3.33. The Bertz CT molecular complexity index is 432. The van der Waals surface area contributed by atoms with Gasteiger partial charge in [-0.2, -0.15) is 0 Å². The van der Waals surface area contributed by atoms with E-state index in [9.17, 15) is 0 Å². The maximum atomic E-state index is 4.48. The standard InChI is InChI=1S/C12H13N/c1-3-10-5-7-11-6-4-9(2)13-12(11)8-10/h4-8H,3H2,1-2H3. The first kappa shape index (κ1) is 8.24. The van der Waals surface area contributed by atoms with Crippen LogP contribution in [0.5, 0.6) is 0 Å². The largest absolute Gasteiger partial charge is 0.253 e. The highest BCUT2D eigenvalue weighted by Crippen LogP contribution is 2.14. The van der Waals surface area contributed by atoms with Crippen molar-refractivity contribution in [2.24, 2.45) is 0 Å². The van der Waals surface area contributed by atoms with Crippen LogP contribution in [0.4, 0.5) is 0 Å². The lowest BCUT2D eigenvalue weighted by Crippen LogP contribution is -1.85. The zero-order valence-corrected chi connectivity index (χ0v) is 8.04. The number of pyridine rings is 1. The van der Waals surface area contributed by atoms with E-state index >= 15 is 0 Å². The highest BCUT2D eigenvalue weighted by Gasteiger charge is 1.96. The summed E-state index contributed by atoms with van der Waals surface area (Å²) >= 11 is 0. The van der Waals surface area contributed by atoms with Crippen molar-refractivity contribution in [1.29, 1.82) is 0 Å². The van der Waals surface area contributed by atoms with Crippen LogP contribution in [-0.2, 0) is 6.42 Å². The minimum atomic E-state index is 1.07. The van der Waals surface area contributed by atoms with Gasteiger partial charge in [-0.05, 0) is 31.0 Å². The van der Waals surface area contributed by atoms with Gasteiger partial charge in [-0.1, -0.05) is 25.1 Å². The number of rotatable bonds is 1. The summed E-state index contributed by atoms with van der Waals surface area (Å²) in [5.74, 6) is 0. The van der Waals surface area contributed by atoms with Crippen LogP contribution in [0.25, 0.3) is 10.9 Å². The van der Waals surface area contributed by atoms with Crippen molar-refractivity contribution >= 4 is 10.9 Å². The Kier molecular flexibility index (Phi) is 2.01. The molecule has 1 aromatic carbocycles. The zero-order valence-electron chi connectivity index (χ0n) is 8.04. The fraction of sp³-hybridized carbons (Fsp3) is 0.250. The monoisotopic (exact) mass is 171 g/mol.